The second-order valence-electron chi connectivity index (χ2n) is 4.80. The second kappa shape index (κ2) is 5.89. The monoisotopic (exact) mass is 261 g/mol. The van der Waals surface area contributed by atoms with Gasteiger partial charge in [-0.1, -0.05) is 12.1 Å². The van der Waals surface area contributed by atoms with E-state index in [1.54, 1.807) is 24.1 Å². The summed E-state index contributed by atoms with van der Waals surface area (Å²) in [6.45, 7) is 3.74. The van der Waals surface area contributed by atoms with Gasteiger partial charge in [-0.2, -0.15) is 0 Å². The second-order valence-corrected chi connectivity index (χ2v) is 4.80. The van der Waals surface area contributed by atoms with Gasteiger partial charge in [0.25, 0.3) is 5.91 Å². The van der Waals surface area contributed by atoms with E-state index in [1.807, 2.05) is 13.0 Å². The van der Waals surface area contributed by atoms with Gasteiger partial charge in [-0.3, -0.25) is 4.79 Å². The Bertz CT molecular complexity index is 508. The van der Waals surface area contributed by atoms with E-state index in [4.69, 9.17) is 4.74 Å². The average Bonchev–Trinajstić information content (AvgIpc) is 2.42. The molecule has 0 aromatic heterocycles. The van der Waals surface area contributed by atoms with E-state index in [2.05, 4.69) is 0 Å². The van der Waals surface area contributed by atoms with Crippen LogP contribution in [0.4, 0.5) is 0 Å². The zero-order valence-corrected chi connectivity index (χ0v) is 11.3. The number of hydrogen-bond donors (Lipinski definition) is 1. The third-order valence-electron chi connectivity index (χ3n) is 3.38. The summed E-state index contributed by atoms with van der Waals surface area (Å²) in [6.07, 6.45) is 2.89. The van der Waals surface area contributed by atoms with Crippen molar-refractivity contribution in [1.82, 2.24) is 4.90 Å². The summed E-state index contributed by atoms with van der Waals surface area (Å²) >= 11 is 0. The highest BCUT2D eigenvalue weighted by Crippen LogP contribution is 2.20. The van der Waals surface area contributed by atoms with E-state index in [0.29, 0.717) is 25.3 Å². The fourth-order valence-electron chi connectivity index (χ4n) is 2.14. The van der Waals surface area contributed by atoms with Crippen molar-refractivity contribution in [2.45, 2.75) is 13.3 Å². The maximum absolute atomic E-state index is 12.3. The lowest BCUT2D eigenvalue weighted by Crippen LogP contribution is -2.35. The Hall–Kier alpha value is -1.81. The quantitative estimate of drug-likeness (QED) is 0.848. The fourth-order valence-corrected chi connectivity index (χ4v) is 2.14. The van der Waals surface area contributed by atoms with E-state index < -0.39 is 0 Å². The van der Waals surface area contributed by atoms with Crippen LogP contribution in [-0.4, -0.2) is 42.7 Å². The van der Waals surface area contributed by atoms with Crippen LogP contribution in [0.1, 0.15) is 22.3 Å². The molecule has 1 N–H and O–H groups in total. The van der Waals surface area contributed by atoms with Crippen LogP contribution in [0.3, 0.4) is 0 Å². The van der Waals surface area contributed by atoms with E-state index in [9.17, 15) is 9.90 Å². The third kappa shape index (κ3) is 3.15. The van der Waals surface area contributed by atoms with Gasteiger partial charge in [0, 0.05) is 25.8 Å². The predicted octanol–water partition coefficient (Wildman–Crippen LogP) is 2.12. The largest absolute Gasteiger partial charge is 0.508 e. The van der Waals surface area contributed by atoms with Crippen molar-refractivity contribution in [3.8, 4) is 5.75 Å². The summed E-state index contributed by atoms with van der Waals surface area (Å²) in [6, 6.07) is 5.05. The zero-order chi connectivity index (χ0) is 13.8. The highest BCUT2D eigenvalue weighted by molar-refractivity contribution is 5.95. The number of benzene rings is 1. The number of nitrogens with zero attached hydrogens (tertiary/aromatic N) is 1. The molecular weight excluding hydrogens is 242 g/mol. The molecule has 0 fully saturated rings. The van der Waals surface area contributed by atoms with Crippen molar-refractivity contribution in [1.29, 1.82) is 0 Å². The molecule has 19 heavy (non-hydrogen) atoms. The summed E-state index contributed by atoms with van der Waals surface area (Å²) in [5.74, 6) is 0.126. The number of methoxy groups -OCH3 is 1. The molecule has 1 aliphatic heterocycles. The number of hydrogen-bond acceptors (Lipinski definition) is 3. The van der Waals surface area contributed by atoms with Crippen LogP contribution >= 0.6 is 0 Å². The molecule has 2 rings (SSSR count). The minimum atomic E-state index is -0.0389. The molecule has 0 saturated carbocycles. The Balaban J connectivity index is 2.07. The van der Waals surface area contributed by atoms with Crippen LogP contribution < -0.4 is 0 Å². The van der Waals surface area contributed by atoms with Crippen LogP contribution in [0.5, 0.6) is 5.75 Å². The van der Waals surface area contributed by atoms with Gasteiger partial charge >= 0.3 is 0 Å². The van der Waals surface area contributed by atoms with Crippen molar-refractivity contribution in [2.24, 2.45) is 0 Å². The number of ether oxygens (including phenoxy) is 1. The number of carbonyl (C=O) groups is 1. The normalized spacial score (nSPS) is 15.3. The molecule has 0 radical (unpaired) electrons. The molecule has 0 unspecified atom stereocenters. The Kier molecular flexibility index (Phi) is 4.22. The van der Waals surface area contributed by atoms with Gasteiger partial charge in [-0.15, -0.1) is 0 Å². The minimum Gasteiger partial charge on any atom is -0.508 e. The number of amides is 1. The summed E-state index contributed by atoms with van der Waals surface area (Å²) in [7, 11) is 1.67. The zero-order valence-electron chi connectivity index (χ0n) is 11.3. The van der Waals surface area contributed by atoms with Crippen molar-refractivity contribution < 1.29 is 14.6 Å². The van der Waals surface area contributed by atoms with E-state index in [0.717, 1.165) is 12.0 Å². The summed E-state index contributed by atoms with van der Waals surface area (Å²) in [5.41, 5.74) is 2.54. The van der Waals surface area contributed by atoms with Gasteiger partial charge in [0.2, 0.25) is 0 Å². The van der Waals surface area contributed by atoms with Crippen LogP contribution in [0.15, 0.2) is 29.8 Å². The van der Waals surface area contributed by atoms with Gasteiger partial charge in [-0.25, -0.2) is 0 Å². The number of aromatic hydroxyl groups is 1. The van der Waals surface area contributed by atoms with E-state index >= 15 is 0 Å². The van der Waals surface area contributed by atoms with Gasteiger partial charge in [0.15, 0.2) is 0 Å². The Labute approximate surface area is 113 Å². The average molecular weight is 261 g/mol. The molecule has 4 heteroatoms. The molecule has 4 nitrogen and oxygen atoms in total. The fraction of sp³-hybridized carbons (Fsp3) is 0.400. The molecule has 0 bridgehead atoms. The molecule has 0 saturated heterocycles. The lowest BCUT2D eigenvalue weighted by Gasteiger charge is -2.26. The molecule has 0 spiro atoms. The number of carbonyl (C=O) groups excluding carboxylic acids is 1. The van der Waals surface area contributed by atoms with Gasteiger partial charge < -0.3 is 14.7 Å². The Morgan fingerprint density at radius 2 is 2.26 bits per heavy atom. The molecule has 1 aromatic carbocycles. The highest BCUT2D eigenvalue weighted by atomic mass is 16.5. The highest BCUT2D eigenvalue weighted by Gasteiger charge is 2.19. The number of phenols is 1. The summed E-state index contributed by atoms with van der Waals surface area (Å²) in [4.78, 5) is 14.1. The first kappa shape index (κ1) is 13.6. The number of phenolic OH excluding ortho intramolecular Hbond substituents is 1. The molecule has 0 atom stereocenters. The smallest absolute Gasteiger partial charge is 0.254 e. The molecular formula is C15H19NO3. The first-order chi connectivity index (χ1) is 9.11. The minimum absolute atomic E-state index is 0.0389. The first-order valence-electron chi connectivity index (χ1n) is 6.37. The standard InChI is InChI=1S/C15H19NO3/c1-11-3-4-13(9-14(11)17)15(18)16-7-5-12(6-8-16)10-19-2/h3-5,9,17H,6-8,10H2,1-2H3. The summed E-state index contributed by atoms with van der Waals surface area (Å²) in [5, 5.41) is 9.66. The molecule has 0 aliphatic carbocycles. The number of aryl methyl sites for hydroxylation is 1. The van der Waals surface area contributed by atoms with Gasteiger partial charge in [0.1, 0.15) is 5.75 Å². The van der Waals surface area contributed by atoms with Crippen LogP contribution in [0, 0.1) is 6.92 Å². The van der Waals surface area contributed by atoms with Crippen molar-refractivity contribution >= 4 is 5.91 Å². The van der Waals surface area contributed by atoms with E-state index in [1.165, 1.54) is 11.6 Å². The van der Waals surface area contributed by atoms with Crippen LogP contribution in [0.25, 0.3) is 0 Å². The lowest BCUT2D eigenvalue weighted by atomic mass is 10.1. The molecule has 1 aliphatic rings. The molecule has 1 aromatic rings. The molecule has 1 heterocycles. The van der Waals surface area contributed by atoms with Gasteiger partial charge in [-0.05, 0) is 36.6 Å². The molecule has 1 amide bonds. The molecule has 102 valence electrons. The lowest BCUT2D eigenvalue weighted by molar-refractivity contribution is 0.0764. The van der Waals surface area contributed by atoms with Crippen molar-refractivity contribution in [3.63, 3.8) is 0 Å². The first-order valence-corrected chi connectivity index (χ1v) is 6.37. The van der Waals surface area contributed by atoms with Crippen LogP contribution in [0.2, 0.25) is 0 Å². The maximum atomic E-state index is 12.3. The van der Waals surface area contributed by atoms with Crippen molar-refractivity contribution in [2.75, 3.05) is 26.8 Å². The maximum Gasteiger partial charge on any atom is 0.254 e. The number of rotatable bonds is 3. The Morgan fingerprint density at radius 3 is 2.84 bits per heavy atom. The third-order valence-corrected chi connectivity index (χ3v) is 3.38. The SMILES string of the molecule is COCC1=CCN(C(=O)c2ccc(C)c(O)c2)CC1. The summed E-state index contributed by atoms with van der Waals surface area (Å²) < 4.78 is 5.09. The topological polar surface area (TPSA) is 49.8 Å². The van der Waals surface area contributed by atoms with Gasteiger partial charge in [0.05, 0.1) is 6.61 Å². The van der Waals surface area contributed by atoms with Crippen molar-refractivity contribution in [3.05, 3.63) is 41.0 Å². The Morgan fingerprint density at radius 1 is 1.47 bits per heavy atom. The predicted molar refractivity (Wildman–Crippen MR) is 73.3 cm³/mol. The van der Waals surface area contributed by atoms with E-state index in [-0.39, 0.29) is 11.7 Å². The van der Waals surface area contributed by atoms with Crippen LogP contribution in [-0.2, 0) is 4.74 Å².